The summed E-state index contributed by atoms with van der Waals surface area (Å²) < 4.78 is 13.6. The molecule has 3 atom stereocenters. The van der Waals surface area contributed by atoms with Crippen molar-refractivity contribution in [1.29, 1.82) is 0 Å². The second-order valence-electron chi connectivity index (χ2n) is 5.78. The van der Waals surface area contributed by atoms with Crippen molar-refractivity contribution in [2.75, 3.05) is 6.54 Å². The fourth-order valence-electron chi connectivity index (χ4n) is 3.19. The van der Waals surface area contributed by atoms with E-state index in [2.05, 4.69) is 5.32 Å². The molecule has 1 heterocycles. The highest BCUT2D eigenvalue weighted by molar-refractivity contribution is 6.30. The normalized spacial score (nSPS) is 20.8. The van der Waals surface area contributed by atoms with Gasteiger partial charge < -0.3 is 10.4 Å². The van der Waals surface area contributed by atoms with Gasteiger partial charge in [0.05, 0.1) is 6.10 Å². The molecule has 2 aromatic carbocycles. The van der Waals surface area contributed by atoms with Crippen molar-refractivity contribution in [1.82, 2.24) is 5.32 Å². The van der Waals surface area contributed by atoms with Crippen LogP contribution in [-0.4, -0.2) is 23.8 Å². The SMILES string of the molecule is O[C@H]([C@H](c1ccc(Cl)cc1)c1cccc(F)c1)[C@H]1CCCN1. The number of hydrogen-bond acceptors (Lipinski definition) is 2. The molecule has 2 N–H and O–H groups in total. The molecule has 1 aliphatic rings. The topological polar surface area (TPSA) is 32.3 Å². The van der Waals surface area contributed by atoms with Crippen molar-refractivity contribution in [2.24, 2.45) is 0 Å². The van der Waals surface area contributed by atoms with Crippen molar-refractivity contribution in [3.05, 3.63) is 70.5 Å². The van der Waals surface area contributed by atoms with Crippen LogP contribution in [0.2, 0.25) is 5.02 Å². The maximum absolute atomic E-state index is 13.6. The lowest BCUT2D eigenvalue weighted by molar-refractivity contribution is 0.119. The first kappa shape index (κ1) is 15.5. The van der Waals surface area contributed by atoms with Gasteiger partial charge in [-0.15, -0.1) is 0 Å². The molecule has 1 fully saturated rings. The van der Waals surface area contributed by atoms with Crippen LogP contribution in [0.25, 0.3) is 0 Å². The van der Waals surface area contributed by atoms with E-state index in [4.69, 9.17) is 11.6 Å². The summed E-state index contributed by atoms with van der Waals surface area (Å²) in [6.45, 7) is 0.915. The van der Waals surface area contributed by atoms with E-state index in [9.17, 15) is 9.50 Å². The van der Waals surface area contributed by atoms with Gasteiger partial charge in [-0.25, -0.2) is 4.39 Å². The van der Waals surface area contributed by atoms with Gasteiger partial charge in [-0.3, -0.25) is 0 Å². The molecule has 2 nitrogen and oxygen atoms in total. The van der Waals surface area contributed by atoms with Gasteiger partial charge in [-0.1, -0.05) is 35.9 Å². The fraction of sp³-hybridized carbons (Fsp3) is 0.333. The van der Waals surface area contributed by atoms with E-state index in [-0.39, 0.29) is 17.8 Å². The van der Waals surface area contributed by atoms with Crippen LogP contribution >= 0.6 is 11.6 Å². The van der Waals surface area contributed by atoms with Crippen molar-refractivity contribution in [3.8, 4) is 0 Å². The van der Waals surface area contributed by atoms with Crippen molar-refractivity contribution in [2.45, 2.75) is 30.9 Å². The highest BCUT2D eigenvalue weighted by Gasteiger charge is 2.32. The zero-order valence-corrected chi connectivity index (χ0v) is 12.9. The molecule has 1 saturated heterocycles. The third kappa shape index (κ3) is 3.32. The van der Waals surface area contributed by atoms with Crippen LogP contribution in [0.4, 0.5) is 4.39 Å². The summed E-state index contributed by atoms with van der Waals surface area (Å²) in [4.78, 5) is 0. The lowest BCUT2D eigenvalue weighted by atomic mass is 9.83. The van der Waals surface area contributed by atoms with Gasteiger partial charge in [0.2, 0.25) is 0 Å². The van der Waals surface area contributed by atoms with E-state index in [0.29, 0.717) is 5.02 Å². The van der Waals surface area contributed by atoms with E-state index in [1.165, 1.54) is 12.1 Å². The molecule has 0 saturated carbocycles. The quantitative estimate of drug-likeness (QED) is 0.900. The van der Waals surface area contributed by atoms with Crippen molar-refractivity contribution in [3.63, 3.8) is 0 Å². The van der Waals surface area contributed by atoms with Crippen molar-refractivity contribution < 1.29 is 9.50 Å². The second-order valence-corrected chi connectivity index (χ2v) is 6.21. The number of nitrogens with one attached hydrogen (secondary N) is 1. The molecule has 0 amide bonds. The van der Waals surface area contributed by atoms with Crippen LogP contribution in [0.5, 0.6) is 0 Å². The predicted octanol–water partition coefficient (Wildman–Crippen LogP) is 3.72. The van der Waals surface area contributed by atoms with Crippen LogP contribution in [0.3, 0.4) is 0 Å². The van der Waals surface area contributed by atoms with Crippen LogP contribution in [0.1, 0.15) is 29.9 Å². The summed E-state index contributed by atoms with van der Waals surface area (Å²) in [6.07, 6.45) is 1.38. The summed E-state index contributed by atoms with van der Waals surface area (Å²) in [5, 5.41) is 14.8. The zero-order valence-electron chi connectivity index (χ0n) is 12.2. The molecule has 1 aliphatic heterocycles. The van der Waals surface area contributed by atoms with Crippen LogP contribution in [0.15, 0.2) is 48.5 Å². The van der Waals surface area contributed by atoms with Gasteiger partial charge in [-0.05, 0) is 54.8 Å². The smallest absolute Gasteiger partial charge is 0.123 e. The summed E-state index contributed by atoms with van der Waals surface area (Å²) in [5.74, 6) is -0.563. The van der Waals surface area contributed by atoms with E-state index in [1.54, 1.807) is 18.2 Å². The Balaban J connectivity index is 1.99. The Morgan fingerprint density at radius 2 is 1.91 bits per heavy atom. The highest BCUT2D eigenvalue weighted by Crippen LogP contribution is 2.32. The first-order valence-electron chi connectivity index (χ1n) is 7.57. The molecule has 4 heteroatoms. The van der Waals surface area contributed by atoms with Gasteiger partial charge in [0, 0.05) is 17.0 Å². The third-order valence-electron chi connectivity index (χ3n) is 4.29. The molecule has 116 valence electrons. The molecule has 3 rings (SSSR count). The average Bonchev–Trinajstić information content (AvgIpc) is 3.04. The minimum Gasteiger partial charge on any atom is -0.391 e. The molecular weight excluding hydrogens is 301 g/mol. The highest BCUT2D eigenvalue weighted by atomic mass is 35.5. The Hall–Kier alpha value is -1.42. The van der Waals surface area contributed by atoms with E-state index < -0.39 is 6.10 Å². The maximum atomic E-state index is 13.6. The number of hydrogen-bond donors (Lipinski definition) is 2. The largest absolute Gasteiger partial charge is 0.391 e. The molecule has 2 aromatic rings. The summed E-state index contributed by atoms with van der Waals surface area (Å²) in [7, 11) is 0. The van der Waals surface area contributed by atoms with Gasteiger partial charge in [0.1, 0.15) is 5.82 Å². The summed E-state index contributed by atoms with van der Waals surface area (Å²) in [5.41, 5.74) is 1.72. The molecule has 0 aromatic heterocycles. The third-order valence-corrected chi connectivity index (χ3v) is 4.54. The average molecular weight is 320 g/mol. The number of aliphatic hydroxyl groups is 1. The monoisotopic (exact) mass is 319 g/mol. The van der Waals surface area contributed by atoms with E-state index in [0.717, 1.165) is 30.5 Å². The number of halogens is 2. The van der Waals surface area contributed by atoms with Crippen LogP contribution < -0.4 is 5.32 Å². The number of rotatable bonds is 4. The first-order chi connectivity index (χ1) is 10.6. The van der Waals surface area contributed by atoms with E-state index in [1.807, 2.05) is 18.2 Å². The Labute approximate surface area is 134 Å². The molecule has 0 aliphatic carbocycles. The van der Waals surface area contributed by atoms with Gasteiger partial charge in [-0.2, -0.15) is 0 Å². The number of aliphatic hydroxyl groups excluding tert-OH is 1. The Kier molecular flexibility index (Phi) is 4.77. The standard InChI is InChI=1S/C18H19ClFNO/c19-14-8-6-12(7-9-14)17(13-3-1-4-15(20)11-13)18(22)16-5-2-10-21-16/h1,3-4,6-9,11,16-18,21-22H,2,5,10H2/t16-,17-,18+/m1/s1. The molecule has 0 bridgehead atoms. The Morgan fingerprint density at radius 1 is 1.14 bits per heavy atom. The fourth-order valence-corrected chi connectivity index (χ4v) is 3.32. The van der Waals surface area contributed by atoms with Crippen LogP contribution in [-0.2, 0) is 0 Å². The zero-order chi connectivity index (χ0) is 15.5. The molecular formula is C18H19ClFNO. The first-order valence-corrected chi connectivity index (χ1v) is 7.95. The second kappa shape index (κ2) is 6.78. The van der Waals surface area contributed by atoms with Gasteiger partial charge in [0.15, 0.2) is 0 Å². The Morgan fingerprint density at radius 3 is 2.55 bits per heavy atom. The summed E-state index contributed by atoms with van der Waals surface area (Å²) in [6, 6.07) is 13.9. The molecule has 0 radical (unpaired) electrons. The lowest BCUT2D eigenvalue weighted by Gasteiger charge is -2.28. The van der Waals surface area contributed by atoms with Crippen LogP contribution in [0, 0.1) is 5.82 Å². The van der Waals surface area contributed by atoms with E-state index >= 15 is 0 Å². The number of benzene rings is 2. The lowest BCUT2D eigenvalue weighted by Crippen LogP contribution is -2.39. The molecule has 22 heavy (non-hydrogen) atoms. The molecule has 0 spiro atoms. The van der Waals surface area contributed by atoms with Gasteiger partial charge in [0.25, 0.3) is 0 Å². The molecule has 0 unspecified atom stereocenters. The summed E-state index contributed by atoms with van der Waals surface area (Å²) >= 11 is 5.96. The maximum Gasteiger partial charge on any atom is 0.123 e. The predicted molar refractivity (Wildman–Crippen MR) is 86.7 cm³/mol. The minimum atomic E-state index is -0.606. The van der Waals surface area contributed by atoms with Crippen molar-refractivity contribution >= 4 is 11.6 Å². The minimum absolute atomic E-state index is 0.0314. The van der Waals surface area contributed by atoms with Gasteiger partial charge >= 0.3 is 0 Å². The Bertz CT molecular complexity index is 625.